The third kappa shape index (κ3) is 1.97. The zero-order chi connectivity index (χ0) is 18.6. The first-order valence-electron chi connectivity index (χ1n) is 9.82. The van der Waals surface area contributed by atoms with Crippen molar-refractivity contribution < 1.29 is 25.5 Å². The molecule has 0 aliphatic heterocycles. The lowest BCUT2D eigenvalue weighted by molar-refractivity contribution is -0.200. The van der Waals surface area contributed by atoms with Crippen molar-refractivity contribution in [1.29, 1.82) is 0 Å². The Morgan fingerprint density at radius 2 is 1.44 bits per heavy atom. The number of fused-ring (bicyclic) bond motifs is 2. The summed E-state index contributed by atoms with van der Waals surface area (Å²) in [5.41, 5.74) is -4.75. The van der Waals surface area contributed by atoms with Crippen LogP contribution in [-0.2, 0) is 0 Å². The van der Waals surface area contributed by atoms with Crippen molar-refractivity contribution in [3.05, 3.63) is 0 Å². The minimum absolute atomic E-state index is 0.0833. The van der Waals surface area contributed by atoms with Crippen molar-refractivity contribution in [3.63, 3.8) is 0 Å². The van der Waals surface area contributed by atoms with E-state index in [2.05, 4.69) is 0 Å². The van der Waals surface area contributed by atoms with Crippen molar-refractivity contribution in [3.8, 4) is 0 Å². The van der Waals surface area contributed by atoms with Crippen LogP contribution in [0.2, 0.25) is 0 Å². The van der Waals surface area contributed by atoms with Crippen molar-refractivity contribution in [2.45, 2.75) is 95.2 Å². The zero-order valence-corrected chi connectivity index (χ0v) is 15.9. The van der Waals surface area contributed by atoms with Crippen LogP contribution in [0.4, 0.5) is 0 Å². The molecule has 0 aromatic heterocycles. The Bertz CT molecular complexity index is 585. The Morgan fingerprint density at radius 1 is 0.800 bits per heavy atom. The van der Waals surface area contributed by atoms with Gasteiger partial charge in [0.05, 0.1) is 23.4 Å². The fraction of sp³-hybridized carbons (Fsp3) is 1.00. The molecular weight excluding hydrogens is 320 g/mol. The fourth-order valence-corrected chi connectivity index (χ4v) is 7.75. The van der Waals surface area contributed by atoms with E-state index in [4.69, 9.17) is 0 Å². The Morgan fingerprint density at radius 3 is 2.08 bits per heavy atom. The topological polar surface area (TPSA) is 101 Å². The number of hydrogen-bond acceptors (Lipinski definition) is 5. The maximum Gasteiger partial charge on any atom is 0.104 e. The molecule has 4 fully saturated rings. The van der Waals surface area contributed by atoms with Gasteiger partial charge < -0.3 is 25.5 Å². The van der Waals surface area contributed by atoms with Crippen LogP contribution >= 0.6 is 0 Å². The molecule has 2 bridgehead atoms. The van der Waals surface area contributed by atoms with E-state index in [1.54, 1.807) is 20.8 Å². The summed E-state index contributed by atoms with van der Waals surface area (Å²) < 4.78 is 0. The van der Waals surface area contributed by atoms with Crippen LogP contribution in [0.15, 0.2) is 0 Å². The monoisotopic (exact) mass is 354 g/mol. The maximum atomic E-state index is 11.7. The average Bonchev–Trinajstić information content (AvgIpc) is 2.77. The summed E-state index contributed by atoms with van der Waals surface area (Å²) in [5, 5.41) is 56.0. The van der Waals surface area contributed by atoms with Gasteiger partial charge in [-0.05, 0) is 69.6 Å². The second-order valence-corrected chi connectivity index (χ2v) is 10.7. The quantitative estimate of drug-likeness (QED) is 0.450. The van der Waals surface area contributed by atoms with Gasteiger partial charge in [-0.15, -0.1) is 0 Å². The Hall–Kier alpha value is -0.200. The molecule has 5 heteroatoms. The second-order valence-electron chi connectivity index (χ2n) is 10.7. The van der Waals surface area contributed by atoms with Gasteiger partial charge in [-0.25, -0.2) is 0 Å². The minimum Gasteiger partial charge on any atom is -0.392 e. The molecule has 0 aromatic rings. The summed E-state index contributed by atoms with van der Waals surface area (Å²) in [6.45, 7) is 7.24. The molecule has 0 saturated heterocycles. The van der Waals surface area contributed by atoms with Gasteiger partial charge in [0.1, 0.15) is 5.60 Å². The number of rotatable bonds is 0. The highest BCUT2D eigenvalue weighted by Gasteiger charge is 2.74. The summed E-state index contributed by atoms with van der Waals surface area (Å²) in [6, 6.07) is 0. The van der Waals surface area contributed by atoms with E-state index in [1.807, 2.05) is 6.92 Å². The highest BCUT2D eigenvalue weighted by atomic mass is 16.4. The molecule has 0 aromatic carbocycles. The predicted molar refractivity (Wildman–Crippen MR) is 92.6 cm³/mol. The van der Waals surface area contributed by atoms with Crippen LogP contribution < -0.4 is 0 Å². The lowest BCUT2D eigenvalue weighted by atomic mass is 9.59. The summed E-state index contributed by atoms with van der Waals surface area (Å²) in [6.07, 6.45) is 1.91. The Kier molecular flexibility index (Phi) is 3.49. The van der Waals surface area contributed by atoms with Crippen molar-refractivity contribution in [2.75, 3.05) is 0 Å². The minimum atomic E-state index is -1.54. The molecule has 0 amide bonds. The standard InChI is InChI=1S/C20H34O5/c1-16(2)14(21)7-13-18(4,24)12-6-5-11-8-19(12,10-17(11,3)23)9-15(22)20(13,16)25/h11-15,21-25H,5-10H2,1-4H3/t11-,12?,13-,14-,15-,17+,18+,19?,20-/m0/s1. The largest absolute Gasteiger partial charge is 0.392 e. The van der Waals surface area contributed by atoms with E-state index < -0.39 is 40.3 Å². The molecule has 9 atom stereocenters. The van der Waals surface area contributed by atoms with Gasteiger partial charge in [0.2, 0.25) is 0 Å². The molecule has 4 saturated carbocycles. The van der Waals surface area contributed by atoms with E-state index in [-0.39, 0.29) is 17.3 Å². The van der Waals surface area contributed by atoms with Crippen LogP contribution in [0, 0.1) is 28.6 Å². The van der Waals surface area contributed by atoms with Gasteiger partial charge in [-0.2, -0.15) is 0 Å². The van der Waals surface area contributed by atoms with Crippen LogP contribution in [-0.4, -0.2) is 54.5 Å². The first kappa shape index (κ1) is 18.2. The number of aliphatic hydroxyl groups is 5. The van der Waals surface area contributed by atoms with E-state index in [1.165, 1.54) is 0 Å². The summed E-state index contributed by atoms with van der Waals surface area (Å²) in [4.78, 5) is 0. The van der Waals surface area contributed by atoms with Crippen molar-refractivity contribution >= 4 is 0 Å². The molecule has 4 aliphatic rings. The molecule has 1 spiro atoms. The molecule has 144 valence electrons. The van der Waals surface area contributed by atoms with Gasteiger partial charge >= 0.3 is 0 Å². The third-order valence-electron chi connectivity index (χ3n) is 9.16. The van der Waals surface area contributed by atoms with Gasteiger partial charge in [0.15, 0.2) is 0 Å². The zero-order valence-electron chi connectivity index (χ0n) is 15.9. The van der Waals surface area contributed by atoms with Gasteiger partial charge in [0, 0.05) is 11.3 Å². The fourth-order valence-electron chi connectivity index (χ4n) is 7.75. The first-order valence-corrected chi connectivity index (χ1v) is 9.82. The first-order chi connectivity index (χ1) is 11.3. The third-order valence-corrected chi connectivity index (χ3v) is 9.16. The van der Waals surface area contributed by atoms with Gasteiger partial charge in [0.25, 0.3) is 0 Å². The van der Waals surface area contributed by atoms with E-state index in [0.717, 1.165) is 19.3 Å². The second kappa shape index (κ2) is 4.79. The molecule has 25 heavy (non-hydrogen) atoms. The SMILES string of the molecule is CC1(C)[C@@H](O)C[C@@H]2[C@]1(O)[C@@H](O)CC13C[C@H](CCC1[C@@]2(C)O)[C@](C)(O)C3. The molecule has 4 aliphatic carbocycles. The molecule has 5 N–H and O–H groups in total. The molecule has 2 unspecified atom stereocenters. The maximum absolute atomic E-state index is 11.7. The molecule has 5 nitrogen and oxygen atoms in total. The van der Waals surface area contributed by atoms with E-state index in [0.29, 0.717) is 19.3 Å². The normalized spacial score (nSPS) is 63.0. The Labute approximate surface area is 150 Å². The molecule has 0 radical (unpaired) electrons. The van der Waals surface area contributed by atoms with E-state index >= 15 is 0 Å². The number of hydrogen-bond donors (Lipinski definition) is 5. The smallest absolute Gasteiger partial charge is 0.104 e. The summed E-state index contributed by atoms with van der Waals surface area (Å²) >= 11 is 0. The predicted octanol–water partition coefficient (Wildman–Crippen LogP) is 1.20. The van der Waals surface area contributed by atoms with E-state index in [9.17, 15) is 25.5 Å². The van der Waals surface area contributed by atoms with Crippen LogP contribution in [0.1, 0.15) is 66.2 Å². The summed E-state index contributed by atoms with van der Waals surface area (Å²) in [5.74, 6) is -0.468. The summed E-state index contributed by atoms with van der Waals surface area (Å²) in [7, 11) is 0. The van der Waals surface area contributed by atoms with Gasteiger partial charge in [-0.3, -0.25) is 0 Å². The average molecular weight is 354 g/mol. The van der Waals surface area contributed by atoms with Crippen LogP contribution in [0.5, 0.6) is 0 Å². The van der Waals surface area contributed by atoms with Crippen molar-refractivity contribution in [1.82, 2.24) is 0 Å². The highest BCUT2D eigenvalue weighted by molar-refractivity contribution is 5.24. The molecule has 4 rings (SSSR count). The Balaban J connectivity index is 1.86. The lowest BCUT2D eigenvalue weighted by Gasteiger charge is -2.49. The van der Waals surface area contributed by atoms with Crippen LogP contribution in [0.3, 0.4) is 0 Å². The molecule has 0 heterocycles. The van der Waals surface area contributed by atoms with Gasteiger partial charge in [-0.1, -0.05) is 13.8 Å². The lowest BCUT2D eigenvalue weighted by Crippen LogP contribution is -2.60. The highest BCUT2D eigenvalue weighted by Crippen LogP contribution is 2.69. The number of aliphatic hydroxyl groups excluding tert-OH is 2. The molecular formula is C20H34O5. The van der Waals surface area contributed by atoms with Crippen molar-refractivity contribution in [2.24, 2.45) is 28.6 Å². The van der Waals surface area contributed by atoms with Crippen LogP contribution in [0.25, 0.3) is 0 Å².